The average Bonchev–Trinajstić information content (AvgIpc) is 2.95. The van der Waals surface area contributed by atoms with Crippen LogP contribution in [0.2, 0.25) is 0 Å². The molecule has 0 aliphatic rings. The zero-order valence-electron chi connectivity index (χ0n) is 21.1. The SMILES string of the molecule is C=C/C=C(\C=C)COCC(NC(=O)C(Cc1ccccc1)NC(=O)c1ccc2ccccc2c1)C(=O)NN. The molecular formula is C30H32N4O4. The summed E-state index contributed by atoms with van der Waals surface area (Å²) in [6.07, 6.45) is 5.14. The predicted molar refractivity (Wildman–Crippen MR) is 149 cm³/mol. The molecule has 0 aliphatic heterocycles. The summed E-state index contributed by atoms with van der Waals surface area (Å²) in [5, 5.41) is 7.39. The third kappa shape index (κ3) is 7.99. The minimum absolute atomic E-state index is 0.145. The number of hydrazine groups is 1. The second-order valence-corrected chi connectivity index (χ2v) is 8.54. The normalized spacial score (nSPS) is 12.7. The van der Waals surface area contributed by atoms with Crippen molar-refractivity contribution in [3.63, 3.8) is 0 Å². The molecule has 8 nitrogen and oxygen atoms in total. The molecule has 8 heteroatoms. The van der Waals surface area contributed by atoms with E-state index in [1.807, 2.05) is 66.1 Å². The van der Waals surface area contributed by atoms with Gasteiger partial charge in [-0.1, -0.05) is 92.0 Å². The van der Waals surface area contributed by atoms with Gasteiger partial charge in [0.25, 0.3) is 11.8 Å². The van der Waals surface area contributed by atoms with Gasteiger partial charge in [0, 0.05) is 12.0 Å². The topological polar surface area (TPSA) is 123 Å². The number of nitrogens with two attached hydrogens (primary N) is 1. The molecule has 0 bridgehead atoms. The highest BCUT2D eigenvalue weighted by Gasteiger charge is 2.27. The summed E-state index contributed by atoms with van der Waals surface area (Å²) >= 11 is 0. The van der Waals surface area contributed by atoms with E-state index in [1.54, 1.807) is 30.4 Å². The number of benzene rings is 3. The molecule has 0 radical (unpaired) electrons. The Hall–Kier alpha value is -4.53. The number of ether oxygens (including phenoxy) is 1. The fraction of sp³-hybridized carbons (Fsp3) is 0.167. The summed E-state index contributed by atoms with van der Waals surface area (Å²) in [6, 6.07) is 20.3. The van der Waals surface area contributed by atoms with Crippen molar-refractivity contribution in [2.45, 2.75) is 18.5 Å². The summed E-state index contributed by atoms with van der Waals surface area (Å²) in [5.74, 6) is 3.75. The van der Waals surface area contributed by atoms with Crippen molar-refractivity contribution in [3.8, 4) is 0 Å². The number of carbonyl (C=O) groups excluding carboxylic acids is 3. The lowest BCUT2D eigenvalue weighted by molar-refractivity contribution is -0.131. The molecule has 38 heavy (non-hydrogen) atoms. The van der Waals surface area contributed by atoms with Gasteiger partial charge in [0.1, 0.15) is 12.1 Å². The maximum Gasteiger partial charge on any atom is 0.258 e. The van der Waals surface area contributed by atoms with Gasteiger partial charge in [-0.2, -0.15) is 0 Å². The Morgan fingerprint density at radius 2 is 1.58 bits per heavy atom. The summed E-state index contributed by atoms with van der Waals surface area (Å²) < 4.78 is 5.61. The van der Waals surface area contributed by atoms with Crippen LogP contribution < -0.4 is 21.9 Å². The van der Waals surface area contributed by atoms with Crippen LogP contribution in [0.25, 0.3) is 10.8 Å². The van der Waals surface area contributed by atoms with Crippen LogP contribution in [0.15, 0.2) is 110 Å². The molecule has 2 atom stereocenters. The maximum absolute atomic E-state index is 13.4. The second-order valence-electron chi connectivity index (χ2n) is 8.54. The van der Waals surface area contributed by atoms with Crippen LogP contribution >= 0.6 is 0 Å². The Labute approximate surface area is 222 Å². The molecule has 0 saturated carbocycles. The Bertz CT molecular complexity index is 1320. The molecule has 0 saturated heterocycles. The van der Waals surface area contributed by atoms with E-state index in [9.17, 15) is 14.4 Å². The molecule has 2 unspecified atom stereocenters. The first kappa shape index (κ1) is 28.0. The van der Waals surface area contributed by atoms with E-state index in [4.69, 9.17) is 10.6 Å². The molecular weight excluding hydrogens is 480 g/mol. The molecule has 0 heterocycles. The van der Waals surface area contributed by atoms with E-state index in [-0.39, 0.29) is 19.6 Å². The first-order chi connectivity index (χ1) is 18.4. The standard InChI is InChI=1S/C30H32N4O4/c1-3-10-21(4-2)19-38-20-27(30(37)34-31)33-29(36)26(17-22-11-6-5-7-12-22)32-28(35)25-16-15-23-13-8-9-14-24(23)18-25/h3-16,18,26-27H,1-2,17,19-20,31H2,(H,32,35)(H,33,36)(H,34,37)/b21-10+. The fourth-order valence-electron chi connectivity index (χ4n) is 3.81. The lowest BCUT2D eigenvalue weighted by Gasteiger charge is -2.23. The minimum Gasteiger partial charge on any atom is -0.374 e. The summed E-state index contributed by atoms with van der Waals surface area (Å²) in [5.41, 5.74) is 4.06. The van der Waals surface area contributed by atoms with Crippen molar-refractivity contribution in [1.29, 1.82) is 0 Å². The number of rotatable bonds is 13. The van der Waals surface area contributed by atoms with Crippen LogP contribution in [0.4, 0.5) is 0 Å². The van der Waals surface area contributed by atoms with Gasteiger partial charge >= 0.3 is 0 Å². The van der Waals surface area contributed by atoms with Gasteiger partial charge in [0.05, 0.1) is 13.2 Å². The van der Waals surface area contributed by atoms with Crippen LogP contribution in [-0.4, -0.2) is 43.0 Å². The van der Waals surface area contributed by atoms with Crippen LogP contribution in [-0.2, 0) is 20.7 Å². The van der Waals surface area contributed by atoms with Gasteiger partial charge in [-0.05, 0) is 34.0 Å². The molecule has 3 amide bonds. The van der Waals surface area contributed by atoms with E-state index in [2.05, 4.69) is 23.8 Å². The molecule has 0 aromatic heterocycles. The number of nitrogens with one attached hydrogen (secondary N) is 3. The van der Waals surface area contributed by atoms with Crippen molar-refractivity contribution < 1.29 is 19.1 Å². The Morgan fingerprint density at radius 3 is 2.26 bits per heavy atom. The first-order valence-corrected chi connectivity index (χ1v) is 12.1. The van der Waals surface area contributed by atoms with Crippen LogP contribution in [0, 0.1) is 0 Å². The predicted octanol–water partition coefficient (Wildman–Crippen LogP) is 2.97. The molecule has 0 spiro atoms. The Balaban J connectivity index is 1.77. The molecule has 196 valence electrons. The largest absolute Gasteiger partial charge is 0.374 e. The van der Waals surface area contributed by atoms with E-state index in [0.717, 1.165) is 21.9 Å². The maximum atomic E-state index is 13.4. The quantitative estimate of drug-likeness (QED) is 0.121. The summed E-state index contributed by atoms with van der Waals surface area (Å²) in [7, 11) is 0. The van der Waals surface area contributed by atoms with Gasteiger partial charge < -0.3 is 15.4 Å². The third-order valence-electron chi connectivity index (χ3n) is 5.84. The van der Waals surface area contributed by atoms with E-state index in [1.165, 1.54) is 0 Å². The fourth-order valence-corrected chi connectivity index (χ4v) is 3.81. The highest BCUT2D eigenvalue weighted by Crippen LogP contribution is 2.16. The van der Waals surface area contributed by atoms with Gasteiger partial charge in [0.2, 0.25) is 5.91 Å². The number of fused-ring (bicyclic) bond motifs is 1. The zero-order valence-corrected chi connectivity index (χ0v) is 21.1. The van der Waals surface area contributed by atoms with Gasteiger partial charge in [0.15, 0.2) is 0 Å². The Kier molecular flexibility index (Phi) is 10.5. The van der Waals surface area contributed by atoms with E-state index in [0.29, 0.717) is 5.56 Å². The zero-order chi connectivity index (χ0) is 27.3. The number of carbonyl (C=O) groups is 3. The van der Waals surface area contributed by atoms with E-state index >= 15 is 0 Å². The summed E-state index contributed by atoms with van der Waals surface area (Å²) in [6.45, 7) is 7.35. The molecule has 0 fully saturated rings. The molecule has 3 aromatic rings. The summed E-state index contributed by atoms with van der Waals surface area (Å²) in [4.78, 5) is 38.9. The van der Waals surface area contributed by atoms with Crippen molar-refractivity contribution in [2.75, 3.05) is 13.2 Å². The molecule has 0 aliphatic carbocycles. The molecule has 3 rings (SSSR count). The highest BCUT2D eigenvalue weighted by molar-refractivity contribution is 6.01. The molecule has 3 aromatic carbocycles. The molecule has 5 N–H and O–H groups in total. The lowest BCUT2D eigenvalue weighted by Crippen LogP contribution is -2.56. The van der Waals surface area contributed by atoms with Crippen molar-refractivity contribution >= 4 is 28.5 Å². The van der Waals surface area contributed by atoms with Crippen LogP contribution in [0.5, 0.6) is 0 Å². The van der Waals surface area contributed by atoms with Crippen molar-refractivity contribution in [2.24, 2.45) is 5.84 Å². The van der Waals surface area contributed by atoms with Gasteiger partial charge in [-0.15, -0.1) is 0 Å². The third-order valence-corrected chi connectivity index (χ3v) is 5.84. The Morgan fingerprint density at radius 1 is 0.868 bits per heavy atom. The minimum atomic E-state index is -1.09. The van der Waals surface area contributed by atoms with Crippen LogP contribution in [0.3, 0.4) is 0 Å². The highest BCUT2D eigenvalue weighted by atomic mass is 16.5. The number of hydrogen-bond donors (Lipinski definition) is 4. The second kappa shape index (κ2) is 14.3. The smallest absolute Gasteiger partial charge is 0.258 e. The first-order valence-electron chi connectivity index (χ1n) is 12.1. The lowest BCUT2D eigenvalue weighted by atomic mass is 10.0. The average molecular weight is 513 g/mol. The monoisotopic (exact) mass is 512 g/mol. The van der Waals surface area contributed by atoms with Crippen molar-refractivity contribution in [3.05, 3.63) is 121 Å². The number of hydrogen-bond acceptors (Lipinski definition) is 5. The van der Waals surface area contributed by atoms with Gasteiger partial charge in [-0.25, -0.2) is 5.84 Å². The number of allylic oxidation sites excluding steroid dienone is 2. The van der Waals surface area contributed by atoms with Gasteiger partial charge in [-0.3, -0.25) is 19.8 Å². The van der Waals surface area contributed by atoms with Crippen LogP contribution in [0.1, 0.15) is 15.9 Å². The number of amides is 3. The van der Waals surface area contributed by atoms with Crippen molar-refractivity contribution in [1.82, 2.24) is 16.1 Å². The van der Waals surface area contributed by atoms with E-state index < -0.39 is 29.8 Å².